The molecule has 0 radical (unpaired) electrons. The van der Waals surface area contributed by atoms with Crippen LogP contribution in [0.5, 0.6) is 17.2 Å². The maximum atomic E-state index is 12.6. The van der Waals surface area contributed by atoms with E-state index < -0.39 is 15.9 Å². The molecule has 7 heteroatoms. The van der Waals surface area contributed by atoms with Crippen LogP contribution < -0.4 is 39.4 Å². The van der Waals surface area contributed by atoms with Gasteiger partial charge in [0, 0.05) is 6.07 Å². The summed E-state index contributed by atoms with van der Waals surface area (Å²) in [7, 11) is -4.52. The number of rotatable bonds is 16. The van der Waals surface area contributed by atoms with E-state index in [1.807, 2.05) is 6.07 Å². The summed E-state index contributed by atoms with van der Waals surface area (Å²) < 4.78 is 39.0. The third-order valence-corrected chi connectivity index (χ3v) is 6.60. The number of benzene rings is 2. The number of ether oxygens (including phenoxy) is 1. The maximum absolute atomic E-state index is 12.6. The molecule has 0 saturated heterocycles. The Morgan fingerprint density at radius 1 is 0.788 bits per heavy atom. The van der Waals surface area contributed by atoms with Crippen molar-refractivity contribution in [3.05, 3.63) is 48.0 Å². The van der Waals surface area contributed by atoms with Gasteiger partial charge in [-0.1, -0.05) is 95.8 Å². The fourth-order valence-corrected chi connectivity index (χ4v) is 4.68. The van der Waals surface area contributed by atoms with E-state index in [0.29, 0.717) is 18.6 Å². The average molecular weight is 485 g/mol. The zero-order chi connectivity index (χ0) is 23.2. The number of hydrogen-bond acceptors (Lipinski definition) is 4. The smallest absolute Gasteiger partial charge is 0.872 e. The molecule has 0 amide bonds. The molecule has 0 heterocycles. The van der Waals surface area contributed by atoms with Crippen LogP contribution in [0.15, 0.2) is 47.4 Å². The van der Waals surface area contributed by atoms with Crippen molar-refractivity contribution in [2.45, 2.75) is 95.3 Å². The summed E-state index contributed by atoms with van der Waals surface area (Å²) in [6.45, 7) is 2.23. The normalized spacial score (nSPS) is 11.2. The fourth-order valence-electron chi connectivity index (χ4n) is 3.90. The Balaban J connectivity index is 0.00000544. The monoisotopic (exact) mass is 484 g/mol. The third kappa shape index (κ3) is 11.8. The second kappa shape index (κ2) is 16.6. The maximum Gasteiger partial charge on any atom is 1.00 e. The van der Waals surface area contributed by atoms with E-state index in [-0.39, 0.29) is 45.8 Å². The molecule has 2 aromatic rings. The van der Waals surface area contributed by atoms with Crippen LogP contribution in [-0.2, 0) is 16.5 Å². The molecule has 33 heavy (non-hydrogen) atoms. The van der Waals surface area contributed by atoms with Crippen LogP contribution in [-0.4, -0.2) is 13.0 Å². The summed E-state index contributed by atoms with van der Waals surface area (Å²) in [5.74, 6) is 0.170. The molecule has 0 aromatic heterocycles. The molecule has 2 rings (SSSR count). The molecule has 0 aliphatic rings. The van der Waals surface area contributed by atoms with Crippen molar-refractivity contribution in [1.29, 1.82) is 0 Å². The van der Waals surface area contributed by atoms with Gasteiger partial charge in [0.1, 0.15) is 16.4 Å². The van der Waals surface area contributed by atoms with Gasteiger partial charge < -0.3 is 9.84 Å². The summed E-state index contributed by atoms with van der Waals surface area (Å²) in [4.78, 5) is -0.348. The molecule has 0 spiro atoms. The average Bonchev–Trinajstić information content (AvgIpc) is 2.75. The summed E-state index contributed by atoms with van der Waals surface area (Å²) in [5, 5.41) is 12.6. The molecule has 0 aliphatic carbocycles. The SMILES string of the molecule is CCCCCCCCCCCCCCc1c([O-])cc(Oc2ccccc2)cc1S(=O)(=O)O.[Na+]. The van der Waals surface area contributed by atoms with Crippen molar-refractivity contribution >= 4 is 10.1 Å². The molecule has 0 unspecified atom stereocenters. The van der Waals surface area contributed by atoms with Gasteiger partial charge >= 0.3 is 29.6 Å². The predicted octanol–water partition coefficient (Wildman–Crippen LogP) is 4.05. The quantitative estimate of drug-likeness (QED) is 0.221. The van der Waals surface area contributed by atoms with Gasteiger partial charge in [0.2, 0.25) is 0 Å². The van der Waals surface area contributed by atoms with E-state index in [4.69, 9.17) is 4.74 Å². The Kier molecular flexibility index (Phi) is 15.0. The summed E-state index contributed by atoms with van der Waals surface area (Å²) >= 11 is 0. The van der Waals surface area contributed by atoms with Gasteiger partial charge in [0.05, 0.1) is 0 Å². The van der Waals surface area contributed by atoms with Gasteiger partial charge in [0.15, 0.2) is 0 Å². The first-order valence-corrected chi connectivity index (χ1v) is 13.4. The van der Waals surface area contributed by atoms with Crippen LogP contribution >= 0.6 is 0 Å². The van der Waals surface area contributed by atoms with Crippen molar-refractivity contribution in [3.63, 3.8) is 0 Å². The van der Waals surface area contributed by atoms with Crippen molar-refractivity contribution in [1.82, 2.24) is 0 Å². The van der Waals surface area contributed by atoms with Crippen LogP contribution in [0.25, 0.3) is 0 Å². The first kappa shape index (κ1) is 30.0. The van der Waals surface area contributed by atoms with E-state index in [9.17, 15) is 18.1 Å². The van der Waals surface area contributed by atoms with E-state index in [1.54, 1.807) is 24.3 Å². The standard InChI is InChI=1S/C26H38O5S.Na/c1-2-3-4-5-6-7-8-9-10-11-12-16-19-24-25(27)20-23(21-26(24)32(28,29)30)31-22-17-14-13-15-18-22;/h13-15,17-18,20-21,27H,2-12,16,19H2,1H3,(H,28,29,30);/q;+1/p-1. The molecule has 5 nitrogen and oxygen atoms in total. The molecular weight excluding hydrogens is 447 g/mol. The Morgan fingerprint density at radius 2 is 1.30 bits per heavy atom. The molecule has 0 bridgehead atoms. The molecule has 178 valence electrons. The third-order valence-electron chi connectivity index (χ3n) is 5.68. The zero-order valence-electron chi connectivity index (χ0n) is 20.2. The Labute approximate surface area is 222 Å². The van der Waals surface area contributed by atoms with Gasteiger partial charge in [-0.2, -0.15) is 8.42 Å². The summed E-state index contributed by atoms with van der Waals surface area (Å²) in [6.07, 6.45) is 14.7. The van der Waals surface area contributed by atoms with E-state index in [1.165, 1.54) is 63.5 Å². The molecule has 1 N–H and O–H groups in total. The minimum Gasteiger partial charge on any atom is -0.872 e. The van der Waals surface area contributed by atoms with E-state index in [0.717, 1.165) is 19.3 Å². The minimum absolute atomic E-state index is 0. The second-order valence-electron chi connectivity index (χ2n) is 8.43. The van der Waals surface area contributed by atoms with E-state index in [2.05, 4.69) is 6.92 Å². The van der Waals surface area contributed by atoms with E-state index >= 15 is 0 Å². The molecule has 0 atom stereocenters. The van der Waals surface area contributed by atoms with Crippen LogP contribution in [0.3, 0.4) is 0 Å². The van der Waals surface area contributed by atoms with Gasteiger partial charge in [-0.15, -0.1) is 5.75 Å². The molecular formula is C26H37NaO5S. The van der Waals surface area contributed by atoms with Gasteiger partial charge in [0.25, 0.3) is 10.1 Å². The second-order valence-corrected chi connectivity index (χ2v) is 9.82. The Hall–Kier alpha value is -1.05. The van der Waals surface area contributed by atoms with Gasteiger partial charge in [-0.3, -0.25) is 4.55 Å². The number of hydrogen-bond donors (Lipinski definition) is 1. The first-order chi connectivity index (χ1) is 15.4. The Morgan fingerprint density at radius 3 is 1.82 bits per heavy atom. The fraction of sp³-hybridized carbons (Fsp3) is 0.538. The van der Waals surface area contributed by atoms with Crippen molar-refractivity contribution in [3.8, 4) is 17.2 Å². The first-order valence-electron chi connectivity index (χ1n) is 12.0. The van der Waals surface area contributed by atoms with Gasteiger partial charge in [-0.05, 0) is 36.6 Å². The summed E-state index contributed by atoms with van der Waals surface area (Å²) in [5.41, 5.74) is 0.139. The predicted molar refractivity (Wildman–Crippen MR) is 127 cm³/mol. The van der Waals surface area contributed by atoms with Crippen LogP contribution in [0.4, 0.5) is 0 Å². The number of unbranched alkanes of at least 4 members (excludes halogenated alkanes) is 11. The van der Waals surface area contributed by atoms with Crippen molar-refractivity contribution in [2.75, 3.05) is 0 Å². The molecule has 2 aromatic carbocycles. The van der Waals surface area contributed by atoms with Crippen molar-refractivity contribution in [2.24, 2.45) is 0 Å². The molecule has 0 aliphatic heterocycles. The zero-order valence-corrected chi connectivity index (χ0v) is 23.0. The van der Waals surface area contributed by atoms with Crippen LogP contribution in [0.2, 0.25) is 0 Å². The largest absolute Gasteiger partial charge is 1.00 e. The van der Waals surface area contributed by atoms with Gasteiger partial charge in [-0.25, -0.2) is 0 Å². The summed E-state index contributed by atoms with van der Waals surface area (Å²) in [6, 6.07) is 11.3. The molecule has 0 saturated carbocycles. The Bertz CT molecular complexity index is 900. The minimum atomic E-state index is -4.52. The van der Waals surface area contributed by atoms with Crippen LogP contribution in [0.1, 0.15) is 89.5 Å². The topological polar surface area (TPSA) is 86.7 Å². The van der Waals surface area contributed by atoms with Crippen molar-refractivity contribution < 1.29 is 52.4 Å². The van der Waals surface area contributed by atoms with Crippen LogP contribution in [0, 0.1) is 0 Å². The molecule has 0 fully saturated rings. The number of para-hydroxylation sites is 1.